The Morgan fingerprint density at radius 3 is 2.63 bits per heavy atom. The largest absolute Gasteiger partial charge is 0.496 e. The number of methoxy groups -OCH3 is 1. The number of fused-ring (bicyclic) bond motifs is 2. The molecule has 0 bridgehead atoms. The molecular weight excluding hydrogens is 542 g/mol. The molecule has 6 rings (SSSR count). The number of para-hydroxylation sites is 1. The first-order chi connectivity index (χ1) is 19.9. The fraction of sp³-hybridized carbons (Fsp3) is 0.226. The van der Waals surface area contributed by atoms with Gasteiger partial charge in [0.1, 0.15) is 23.9 Å². The van der Waals surface area contributed by atoms with Crippen LogP contribution in [-0.2, 0) is 24.4 Å². The van der Waals surface area contributed by atoms with E-state index in [0.717, 1.165) is 27.6 Å². The van der Waals surface area contributed by atoms with Crippen molar-refractivity contribution in [2.24, 2.45) is 0 Å². The number of nitrogens with zero attached hydrogens (tertiary/aromatic N) is 5. The summed E-state index contributed by atoms with van der Waals surface area (Å²) >= 11 is 6.31. The maximum atomic E-state index is 13.9. The van der Waals surface area contributed by atoms with Gasteiger partial charge >= 0.3 is 0 Å². The lowest BCUT2D eigenvalue weighted by molar-refractivity contribution is -0.133. The first kappa shape index (κ1) is 26.6. The number of ether oxygens (including phenoxy) is 3. The fourth-order valence-electron chi connectivity index (χ4n) is 5.01. The number of carbonyl (C=O) groups is 1. The summed E-state index contributed by atoms with van der Waals surface area (Å²) in [4.78, 5) is 25.1. The van der Waals surface area contributed by atoms with Crippen molar-refractivity contribution in [3.8, 4) is 28.5 Å². The van der Waals surface area contributed by atoms with E-state index in [1.807, 2.05) is 74.5 Å². The lowest BCUT2D eigenvalue weighted by Crippen LogP contribution is -2.34. The van der Waals surface area contributed by atoms with E-state index < -0.39 is 0 Å². The van der Waals surface area contributed by atoms with E-state index in [9.17, 15) is 4.79 Å². The molecule has 0 atom stereocenters. The third-order valence-electron chi connectivity index (χ3n) is 6.99. The zero-order valence-corrected chi connectivity index (χ0v) is 23.7. The van der Waals surface area contributed by atoms with Crippen LogP contribution in [-0.4, -0.2) is 44.5 Å². The minimum Gasteiger partial charge on any atom is -0.496 e. The third kappa shape index (κ3) is 5.53. The van der Waals surface area contributed by atoms with E-state index in [1.54, 1.807) is 16.7 Å². The van der Waals surface area contributed by atoms with Gasteiger partial charge in [0.15, 0.2) is 11.5 Å². The fourth-order valence-corrected chi connectivity index (χ4v) is 5.18. The summed E-state index contributed by atoms with van der Waals surface area (Å²) in [6.45, 7) is 4.52. The van der Waals surface area contributed by atoms with E-state index >= 15 is 0 Å². The Morgan fingerprint density at radius 1 is 1.00 bits per heavy atom. The number of rotatable bonds is 8. The number of halogens is 1. The number of aromatic nitrogens is 4. The van der Waals surface area contributed by atoms with Crippen LogP contribution in [0, 0.1) is 13.8 Å². The number of amides is 1. The van der Waals surface area contributed by atoms with Crippen molar-refractivity contribution >= 4 is 28.4 Å². The second-order valence-corrected chi connectivity index (χ2v) is 10.3. The lowest BCUT2D eigenvalue weighted by Gasteiger charge is -2.25. The second-order valence-electron chi connectivity index (χ2n) is 9.83. The number of hydrogen-bond donors (Lipinski definition) is 0. The average Bonchev–Trinajstić information content (AvgIpc) is 3.56. The smallest absolute Gasteiger partial charge is 0.244 e. The van der Waals surface area contributed by atoms with Crippen LogP contribution in [0.15, 0.2) is 66.7 Å². The van der Waals surface area contributed by atoms with Gasteiger partial charge in [-0.3, -0.25) is 4.79 Å². The van der Waals surface area contributed by atoms with Gasteiger partial charge in [0, 0.05) is 29.1 Å². The maximum Gasteiger partial charge on any atom is 0.244 e. The summed E-state index contributed by atoms with van der Waals surface area (Å²) < 4.78 is 18.4. The first-order valence-electron chi connectivity index (χ1n) is 13.1. The molecule has 3 heterocycles. The molecule has 0 saturated carbocycles. The summed E-state index contributed by atoms with van der Waals surface area (Å²) in [6, 6.07) is 21.1. The molecule has 0 fully saturated rings. The zero-order valence-electron chi connectivity index (χ0n) is 22.9. The molecule has 41 heavy (non-hydrogen) atoms. The van der Waals surface area contributed by atoms with Crippen LogP contribution < -0.4 is 14.2 Å². The maximum absolute atomic E-state index is 13.9. The van der Waals surface area contributed by atoms with E-state index in [2.05, 4.69) is 16.1 Å². The summed E-state index contributed by atoms with van der Waals surface area (Å²) in [5.74, 6) is 3.22. The van der Waals surface area contributed by atoms with E-state index in [4.69, 9.17) is 30.8 Å². The van der Waals surface area contributed by atoms with Gasteiger partial charge in [-0.1, -0.05) is 35.9 Å². The monoisotopic (exact) mass is 569 g/mol. The van der Waals surface area contributed by atoms with Crippen molar-refractivity contribution in [2.75, 3.05) is 13.9 Å². The summed E-state index contributed by atoms with van der Waals surface area (Å²) in [7, 11) is 1.63. The minimum atomic E-state index is -0.113. The SMILES string of the molecule is COc1ccccc1-c1nc2cc(Cl)ccc2cc1CN(Cc1ccc2c(c1)OCO2)C(=O)Cn1nc(C)nc1C. The van der Waals surface area contributed by atoms with Crippen LogP contribution in [0.4, 0.5) is 0 Å². The van der Waals surface area contributed by atoms with Crippen LogP contribution in [0.3, 0.4) is 0 Å². The van der Waals surface area contributed by atoms with Gasteiger partial charge in [-0.15, -0.1) is 0 Å². The van der Waals surface area contributed by atoms with Crippen LogP contribution in [0.25, 0.3) is 22.2 Å². The van der Waals surface area contributed by atoms with Crippen molar-refractivity contribution in [1.82, 2.24) is 24.6 Å². The first-order valence-corrected chi connectivity index (χ1v) is 13.5. The Morgan fingerprint density at radius 2 is 1.83 bits per heavy atom. The standard InChI is InChI=1S/C31H28ClN5O4/c1-19-33-20(2)37(35-19)17-30(38)36(15-21-8-11-28-29(12-21)41-18-40-28)16-23-13-22-9-10-24(32)14-26(22)34-31(23)25-6-4-5-7-27(25)39-3/h4-14H,15-18H2,1-3H3. The van der Waals surface area contributed by atoms with Gasteiger partial charge in [-0.05, 0) is 67.4 Å². The molecule has 0 unspecified atom stereocenters. The van der Waals surface area contributed by atoms with Crippen molar-refractivity contribution in [3.63, 3.8) is 0 Å². The van der Waals surface area contributed by atoms with E-state index in [1.165, 1.54) is 0 Å². The zero-order chi connectivity index (χ0) is 28.5. The lowest BCUT2D eigenvalue weighted by atomic mass is 10.0. The number of pyridine rings is 1. The summed E-state index contributed by atoms with van der Waals surface area (Å²) in [5.41, 5.74) is 4.07. The molecule has 3 aromatic carbocycles. The van der Waals surface area contributed by atoms with Crippen LogP contribution in [0.2, 0.25) is 5.02 Å². The molecule has 208 valence electrons. The molecule has 10 heteroatoms. The molecule has 2 aromatic heterocycles. The van der Waals surface area contributed by atoms with Gasteiger partial charge in [-0.2, -0.15) is 5.10 Å². The highest BCUT2D eigenvalue weighted by molar-refractivity contribution is 6.31. The quantitative estimate of drug-likeness (QED) is 0.236. The van der Waals surface area contributed by atoms with Crippen molar-refractivity contribution in [1.29, 1.82) is 0 Å². The molecule has 0 saturated heterocycles. The molecule has 0 spiro atoms. The van der Waals surface area contributed by atoms with Crippen molar-refractivity contribution in [3.05, 3.63) is 94.5 Å². The molecular formula is C31H28ClN5O4. The highest BCUT2D eigenvalue weighted by Gasteiger charge is 2.23. The molecule has 0 aliphatic carbocycles. The van der Waals surface area contributed by atoms with Crippen molar-refractivity contribution in [2.45, 2.75) is 33.5 Å². The van der Waals surface area contributed by atoms with E-state index in [0.29, 0.717) is 52.7 Å². The van der Waals surface area contributed by atoms with Gasteiger partial charge in [0.05, 0.1) is 18.3 Å². The Hall–Kier alpha value is -4.63. The average molecular weight is 570 g/mol. The number of hydrogen-bond acceptors (Lipinski definition) is 7. The molecule has 5 aromatic rings. The Labute approximate surface area is 242 Å². The molecule has 0 radical (unpaired) electrons. The predicted molar refractivity (Wildman–Crippen MR) is 155 cm³/mol. The van der Waals surface area contributed by atoms with Crippen molar-refractivity contribution < 1.29 is 19.0 Å². The van der Waals surface area contributed by atoms with Gasteiger partial charge in [0.2, 0.25) is 12.7 Å². The topological polar surface area (TPSA) is 91.6 Å². The Bertz CT molecular complexity index is 1770. The summed E-state index contributed by atoms with van der Waals surface area (Å²) in [6.07, 6.45) is 0. The molecule has 9 nitrogen and oxygen atoms in total. The highest BCUT2D eigenvalue weighted by Crippen LogP contribution is 2.35. The third-order valence-corrected chi connectivity index (χ3v) is 7.23. The van der Waals surface area contributed by atoms with Crippen LogP contribution in [0.5, 0.6) is 17.2 Å². The molecule has 1 amide bonds. The molecule has 0 N–H and O–H groups in total. The molecule has 1 aliphatic rings. The van der Waals surface area contributed by atoms with Gasteiger partial charge < -0.3 is 19.1 Å². The highest BCUT2D eigenvalue weighted by atomic mass is 35.5. The minimum absolute atomic E-state index is 0.0534. The summed E-state index contributed by atoms with van der Waals surface area (Å²) in [5, 5.41) is 5.93. The van der Waals surface area contributed by atoms with Crippen LogP contribution in [0.1, 0.15) is 22.8 Å². The number of aryl methyl sites for hydroxylation is 2. The second kappa shape index (κ2) is 11.1. The Kier molecular flexibility index (Phi) is 7.19. The number of benzene rings is 3. The number of carbonyl (C=O) groups excluding carboxylic acids is 1. The van der Waals surface area contributed by atoms with E-state index in [-0.39, 0.29) is 19.2 Å². The molecule has 1 aliphatic heterocycles. The van der Waals surface area contributed by atoms with Gasteiger partial charge in [-0.25, -0.2) is 14.6 Å². The normalized spacial score (nSPS) is 12.1. The Balaban J connectivity index is 1.43. The van der Waals surface area contributed by atoms with Crippen LogP contribution >= 0.6 is 11.6 Å². The predicted octanol–water partition coefficient (Wildman–Crippen LogP) is 5.73. The van der Waals surface area contributed by atoms with Gasteiger partial charge in [0.25, 0.3) is 0 Å².